The Labute approximate surface area is 158 Å². The van der Waals surface area contributed by atoms with E-state index in [4.69, 9.17) is 4.74 Å². The van der Waals surface area contributed by atoms with Gasteiger partial charge in [0.05, 0.1) is 24.1 Å². The maximum absolute atomic E-state index is 10.9. The van der Waals surface area contributed by atoms with Crippen LogP contribution in [0.25, 0.3) is 16.9 Å². The number of ether oxygens (including phenoxy) is 1. The van der Waals surface area contributed by atoms with E-state index < -0.39 is 5.60 Å². The summed E-state index contributed by atoms with van der Waals surface area (Å²) in [5, 5.41) is 23.8. The van der Waals surface area contributed by atoms with Crippen molar-refractivity contribution < 1.29 is 9.84 Å². The molecule has 1 unspecified atom stereocenters. The number of anilines is 1. The quantitative estimate of drug-likeness (QED) is 0.727. The first-order chi connectivity index (χ1) is 13.0. The molecule has 27 heavy (non-hydrogen) atoms. The molecule has 1 aromatic carbocycles. The van der Waals surface area contributed by atoms with E-state index >= 15 is 0 Å². The molecule has 142 valence electrons. The summed E-state index contributed by atoms with van der Waals surface area (Å²) in [6.07, 6.45) is 2.32. The smallest absolute Gasteiger partial charge is 0.200 e. The van der Waals surface area contributed by atoms with Crippen LogP contribution in [-0.4, -0.2) is 76.3 Å². The van der Waals surface area contributed by atoms with Crippen LogP contribution in [0.2, 0.25) is 0 Å². The fourth-order valence-electron chi connectivity index (χ4n) is 3.73. The molecule has 0 bridgehead atoms. The van der Waals surface area contributed by atoms with Gasteiger partial charge >= 0.3 is 0 Å². The van der Waals surface area contributed by atoms with Crippen LogP contribution in [0, 0.1) is 0 Å². The zero-order valence-corrected chi connectivity index (χ0v) is 15.8. The number of benzene rings is 1. The number of likely N-dealkylation sites (N-methyl/N-ethyl adjacent to an activating group) is 1. The molecule has 1 atom stereocenters. The van der Waals surface area contributed by atoms with Crippen molar-refractivity contribution >= 4 is 11.3 Å². The van der Waals surface area contributed by atoms with E-state index in [9.17, 15) is 5.11 Å². The Kier molecular flexibility index (Phi) is 4.45. The van der Waals surface area contributed by atoms with Gasteiger partial charge in [0.2, 0.25) is 5.65 Å². The monoisotopic (exact) mass is 368 g/mol. The van der Waals surface area contributed by atoms with Gasteiger partial charge in [0.1, 0.15) is 12.1 Å². The highest BCUT2D eigenvalue weighted by Crippen LogP contribution is 2.32. The summed E-state index contributed by atoms with van der Waals surface area (Å²) in [7, 11) is 5.61. The Morgan fingerprint density at radius 3 is 2.74 bits per heavy atom. The van der Waals surface area contributed by atoms with Crippen LogP contribution in [-0.2, 0) is 0 Å². The predicted molar refractivity (Wildman–Crippen MR) is 103 cm³/mol. The van der Waals surface area contributed by atoms with Crippen molar-refractivity contribution in [2.24, 2.45) is 0 Å². The number of methoxy groups -OCH3 is 1. The minimum atomic E-state index is -0.732. The number of β-amino-alcohol motifs (C(OH)–C–C–N with tert-alkyl or cyclic N) is 1. The highest BCUT2D eigenvalue weighted by molar-refractivity contribution is 5.75. The first-order valence-corrected chi connectivity index (χ1v) is 8.95. The molecule has 8 nitrogen and oxygen atoms in total. The van der Waals surface area contributed by atoms with Gasteiger partial charge in [0, 0.05) is 25.2 Å². The Morgan fingerprint density at radius 2 is 2.04 bits per heavy atom. The molecule has 4 rings (SSSR count). The third-order valence-corrected chi connectivity index (χ3v) is 4.92. The number of aromatic nitrogens is 4. The lowest BCUT2D eigenvalue weighted by Crippen LogP contribution is -2.42. The predicted octanol–water partition coefficient (Wildman–Crippen LogP) is 1.30. The number of rotatable bonds is 5. The Bertz CT molecular complexity index is 939. The second kappa shape index (κ2) is 6.79. The summed E-state index contributed by atoms with van der Waals surface area (Å²) in [6.45, 7) is 1.95. The molecule has 1 aliphatic heterocycles. The van der Waals surface area contributed by atoms with Gasteiger partial charge in [-0.05, 0) is 50.8 Å². The first kappa shape index (κ1) is 17.7. The molecule has 1 fully saturated rings. The molecule has 0 saturated carbocycles. The Hall–Kier alpha value is -2.71. The molecule has 0 radical (unpaired) electrons. The molecule has 8 heteroatoms. The molecule has 3 heterocycles. The fraction of sp³-hybridized carbons (Fsp3) is 0.421. The zero-order valence-electron chi connectivity index (χ0n) is 15.8. The minimum absolute atomic E-state index is 0.555. The van der Waals surface area contributed by atoms with Crippen molar-refractivity contribution in [3.05, 3.63) is 36.7 Å². The van der Waals surface area contributed by atoms with E-state index in [2.05, 4.69) is 20.2 Å². The molecule has 1 aliphatic rings. The van der Waals surface area contributed by atoms with Gasteiger partial charge in [0.15, 0.2) is 0 Å². The van der Waals surface area contributed by atoms with Crippen LogP contribution >= 0.6 is 0 Å². The van der Waals surface area contributed by atoms with Crippen molar-refractivity contribution in [3.63, 3.8) is 0 Å². The lowest BCUT2D eigenvalue weighted by atomic mass is 10.0. The summed E-state index contributed by atoms with van der Waals surface area (Å²) in [5.41, 5.74) is 2.70. The molecule has 0 spiro atoms. The maximum Gasteiger partial charge on any atom is 0.200 e. The van der Waals surface area contributed by atoms with E-state index in [0.29, 0.717) is 25.2 Å². The van der Waals surface area contributed by atoms with Crippen molar-refractivity contribution in [2.75, 3.05) is 45.7 Å². The van der Waals surface area contributed by atoms with Gasteiger partial charge in [-0.25, -0.2) is 0 Å². The summed E-state index contributed by atoms with van der Waals surface area (Å²) in [6, 6.07) is 9.81. The van der Waals surface area contributed by atoms with Crippen LogP contribution < -0.4 is 9.64 Å². The Morgan fingerprint density at radius 1 is 1.26 bits per heavy atom. The molecule has 2 aromatic heterocycles. The average Bonchev–Trinajstić information content (AvgIpc) is 3.27. The second-order valence-electron chi connectivity index (χ2n) is 7.38. The lowest BCUT2D eigenvalue weighted by Gasteiger charge is -2.27. The van der Waals surface area contributed by atoms with Gasteiger partial charge in [-0.15, -0.1) is 10.2 Å². The summed E-state index contributed by atoms with van der Waals surface area (Å²) in [4.78, 5) is 4.19. The minimum Gasteiger partial charge on any atom is -0.497 e. The van der Waals surface area contributed by atoms with Crippen LogP contribution in [0.3, 0.4) is 0 Å². The topological polar surface area (TPSA) is 79.0 Å². The van der Waals surface area contributed by atoms with Crippen molar-refractivity contribution in [1.82, 2.24) is 24.7 Å². The van der Waals surface area contributed by atoms with Crippen molar-refractivity contribution in [2.45, 2.75) is 12.0 Å². The van der Waals surface area contributed by atoms with E-state index in [1.54, 1.807) is 18.0 Å². The molecular weight excluding hydrogens is 344 g/mol. The molecular formula is C19H24N6O2. The third kappa shape index (κ3) is 3.45. The fourth-order valence-corrected chi connectivity index (χ4v) is 3.73. The number of nitrogens with zero attached hydrogens (tertiary/aromatic N) is 6. The van der Waals surface area contributed by atoms with Crippen LogP contribution in [0.5, 0.6) is 5.75 Å². The SMILES string of the molecule is COc1ccc(-c2cc(N3CCC(O)(CN(C)C)C3)c3nncn3n2)cc1. The van der Waals surface area contributed by atoms with Crippen molar-refractivity contribution in [3.8, 4) is 17.0 Å². The molecule has 1 N–H and O–H groups in total. The molecule has 3 aromatic rings. The van der Waals surface area contributed by atoms with Crippen LogP contribution in [0.15, 0.2) is 36.7 Å². The zero-order chi connectivity index (χ0) is 19.0. The highest BCUT2D eigenvalue weighted by Gasteiger charge is 2.37. The number of hydrogen-bond donors (Lipinski definition) is 1. The van der Waals surface area contributed by atoms with Crippen LogP contribution in [0.1, 0.15) is 6.42 Å². The number of aliphatic hydroxyl groups is 1. The molecule has 0 amide bonds. The third-order valence-electron chi connectivity index (χ3n) is 4.92. The summed E-state index contributed by atoms with van der Waals surface area (Å²) < 4.78 is 6.93. The average molecular weight is 368 g/mol. The van der Waals surface area contributed by atoms with Gasteiger partial charge in [-0.2, -0.15) is 9.61 Å². The molecule has 0 aliphatic carbocycles. The second-order valence-corrected chi connectivity index (χ2v) is 7.38. The van der Waals surface area contributed by atoms with E-state index in [1.165, 1.54) is 0 Å². The van der Waals surface area contributed by atoms with Gasteiger partial charge in [0.25, 0.3) is 0 Å². The van der Waals surface area contributed by atoms with Crippen LogP contribution in [0.4, 0.5) is 5.69 Å². The Balaban J connectivity index is 1.71. The highest BCUT2D eigenvalue weighted by atomic mass is 16.5. The molecule has 1 saturated heterocycles. The van der Waals surface area contributed by atoms with Gasteiger partial charge in [-0.1, -0.05) is 0 Å². The van der Waals surface area contributed by atoms with E-state index in [0.717, 1.165) is 29.2 Å². The summed E-state index contributed by atoms with van der Waals surface area (Å²) >= 11 is 0. The standard InChI is InChI=1S/C19H24N6O2/c1-23(2)11-19(26)8-9-24(12-19)17-10-16(22-25-13-20-21-18(17)25)14-4-6-15(27-3)7-5-14/h4-7,10,13,26H,8-9,11-12H2,1-3H3. The van der Waals surface area contributed by atoms with Gasteiger partial charge in [-0.3, -0.25) is 0 Å². The maximum atomic E-state index is 10.9. The number of fused-ring (bicyclic) bond motifs is 1. The number of hydrogen-bond acceptors (Lipinski definition) is 7. The van der Waals surface area contributed by atoms with E-state index in [1.807, 2.05) is 49.3 Å². The lowest BCUT2D eigenvalue weighted by molar-refractivity contribution is 0.0366. The van der Waals surface area contributed by atoms with E-state index in [-0.39, 0.29) is 0 Å². The van der Waals surface area contributed by atoms with Crippen molar-refractivity contribution in [1.29, 1.82) is 0 Å². The first-order valence-electron chi connectivity index (χ1n) is 8.95. The summed E-state index contributed by atoms with van der Waals surface area (Å²) in [5.74, 6) is 0.803. The van der Waals surface area contributed by atoms with Gasteiger partial charge < -0.3 is 19.6 Å². The normalized spacial score (nSPS) is 20.0. The largest absolute Gasteiger partial charge is 0.497 e.